The molecular weight excluding hydrogens is 384 g/mol. The minimum absolute atomic E-state index is 0.0496. The van der Waals surface area contributed by atoms with Crippen LogP contribution < -0.4 is 5.32 Å². The molecular formula is C22H26N4O2S. The van der Waals surface area contributed by atoms with Crippen LogP contribution in [0.4, 0.5) is 0 Å². The van der Waals surface area contributed by atoms with E-state index in [0.29, 0.717) is 24.8 Å². The van der Waals surface area contributed by atoms with Crippen molar-refractivity contribution in [3.8, 4) is 0 Å². The maximum absolute atomic E-state index is 12.7. The van der Waals surface area contributed by atoms with E-state index in [-0.39, 0.29) is 24.1 Å². The molecule has 0 atom stereocenters. The third-order valence-electron chi connectivity index (χ3n) is 4.69. The molecule has 0 fully saturated rings. The molecule has 3 rings (SSSR count). The van der Waals surface area contributed by atoms with E-state index >= 15 is 0 Å². The molecule has 0 saturated heterocycles. The van der Waals surface area contributed by atoms with Crippen LogP contribution in [0.15, 0.2) is 59.8 Å². The fraction of sp³-hybridized carbons (Fsp3) is 0.318. The minimum atomic E-state index is -0.0625. The van der Waals surface area contributed by atoms with Gasteiger partial charge in [-0.3, -0.25) is 9.59 Å². The van der Waals surface area contributed by atoms with Crippen LogP contribution in [0.25, 0.3) is 11.0 Å². The number of thioether (sulfide) groups is 1. The standard InChI is InChI=1S/C22H26N4O2S/c1-3-25(4-2)21(28)15-26-19-13-9-8-12-18(19)24-22(26)29-16-20(27)23-14-17-10-6-5-7-11-17/h5-13H,3-4,14-16H2,1-2H3,(H,23,27). The van der Waals surface area contributed by atoms with Crippen LogP contribution in [-0.2, 0) is 22.7 Å². The molecule has 0 aliphatic rings. The summed E-state index contributed by atoms with van der Waals surface area (Å²) in [6.45, 7) is 6.01. The monoisotopic (exact) mass is 410 g/mol. The molecule has 7 heteroatoms. The normalized spacial score (nSPS) is 10.8. The zero-order chi connectivity index (χ0) is 20.6. The lowest BCUT2D eigenvalue weighted by atomic mass is 10.2. The molecule has 2 aromatic carbocycles. The second kappa shape index (κ2) is 10.1. The van der Waals surface area contributed by atoms with Crippen molar-refractivity contribution in [3.05, 3.63) is 60.2 Å². The number of carbonyl (C=O) groups excluding carboxylic acids is 2. The molecule has 1 aromatic heterocycles. The summed E-state index contributed by atoms with van der Waals surface area (Å²) >= 11 is 1.35. The molecule has 0 saturated carbocycles. The molecule has 29 heavy (non-hydrogen) atoms. The van der Waals surface area contributed by atoms with E-state index in [1.165, 1.54) is 11.8 Å². The molecule has 2 amide bonds. The zero-order valence-electron chi connectivity index (χ0n) is 16.8. The predicted octanol–water partition coefficient (Wildman–Crippen LogP) is 3.31. The number of likely N-dealkylation sites (N-methyl/N-ethyl adjacent to an activating group) is 1. The van der Waals surface area contributed by atoms with Gasteiger partial charge in [0, 0.05) is 19.6 Å². The van der Waals surface area contributed by atoms with Gasteiger partial charge in [-0.2, -0.15) is 0 Å². The number of para-hydroxylation sites is 2. The first-order valence-corrected chi connectivity index (χ1v) is 10.8. The Hall–Kier alpha value is -2.80. The molecule has 0 spiro atoms. The van der Waals surface area contributed by atoms with Crippen molar-refractivity contribution in [2.24, 2.45) is 0 Å². The quantitative estimate of drug-likeness (QED) is 0.550. The zero-order valence-corrected chi connectivity index (χ0v) is 17.6. The average Bonchev–Trinajstić information content (AvgIpc) is 3.10. The first-order valence-electron chi connectivity index (χ1n) is 9.78. The Balaban J connectivity index is 1.69. The number of rotatable bonds is 9. The highest BCUT2D eigenvalue weighted by Crippen LogP contribution is 2.24. The van der Waals surface area contributed by atoms with E-state index in [4.69, 9.17) is 0 Å². The van der Waals surface area contributed by atoms with Gasteiger partial charge in [-0.1, -0.05) is 54.2 Å². The van der Waals surface area contributed by atoms with Crippen molar-refractivity contribution in [3.63, 3.8) is 0 Å². The van der Waals surface area contributed by atoms with Crippen LogP contribution in [-0.4, -0.2) is 45.1 Å². The van der Waals surface area contributed by atoms with Gasteiger partial charge in [0.05, 0.1) is 16.8 Å². The van der Waals surface area contributed by atoms with Gasteiger partial charge in [-0.25, -0.2) is 4.98 Å². The number of nitrogens with one attached hydrogen (secondary N) is 1. The fourth-order valence-corrected chi connectivity index (χ4v) is 3.95. The number of carbonyl (C=O) groups is 2. The Morgan fingerprint density at radius 2 is 1.72 bits per heavy atom. The topological polar surface area (TPSA) is 67.2 Å². The number of benzene rings is 2. The number of amides is 2. The Labute approximate surface area is 175 Å². The Kier molecular flexibility index (Phi) is 7.30. The summed E-state index contributed by atoms with van der Waals surface area (Å²) in [5.74, 6) is 0.233. The first-order chi connectivity index (χ1) is 14.1. The molecule has 0 aliphatic carbocycles. The number of fused-ring (bicyclic) bond motifs is 1. The van der Waals surface area contributed by atoms with Gasteiger partial charge in [0.1, 0.15) is 6.54 Å². The molecule has 0 radical (unpaired) electrons. The van der Waals surface area contributed by atoms with Crippen LogP contribution in [0.1, 0.15) is 19.4 Å². The first kappa shape index (κ1) is 20.9. The van der Waals surface area contributed by atoms with Gasteiger partial charge in [-0.15, -0.1) is 0 Å². The average molecular weight is 411 g/mol. The molecule has 3 aromatic rings. The van der Waals surface area contributed by atoms with Gasteiger partial charge in [0.15, 0.2) is 5.16 Å². The van der Waals surface area contributed by atoms with Crippen molar-refractivity contribution in [1.29, 1.82) is 0 Å². The van der Waals surface area contributed by atoms with Crippen molar-refractivity contribution >= 4 is 34.6 Å². The maximum atomic E-state index is 12.7. The van der Waals surface area contributed by atoms with Crippen LogP contribution >= 0.6 is 11.8 Å². The van der Waals surface area contributed by atoms with E-state index in [2.05, 4.69) is 10.3 Å². The van der Waals surface area contributed by atoms with Crippen LogP contribution in [0.3, 0.4) is 0 Å². The second-order valence-electron chi connectivity index (χ2n) is 6.59. The summed E-state index contributed by atoms with van der Waals surface area (Å²) in [6.07, 6.45) is 0. The summed E-state index contributed by atoms with van der Waals surface area (Å²) in [6, 6.07) is 17.5. The second-order valence-corrected chi connectivity index (χ2v) is 7.53. The SMILES string of the molecule is CCN(CC)C(=O)Cn1c(SCC(=O)NCc2ccccc2)nc2ccccc21. The van der Waals surface area contributed by atoms with Crippen molar-refractivity contribution in [1.82, 2.24) is 19.8 Å². The van der Waals surface area contributed by atoms with Crippen molar-refractivity contribution < 1.29 is 9.59 Å². The third kappa shape index (κ3) is 5.38. The summed E-state index contributed by atoms with van der Waals surface area (Å²) in [7, 11) is 0. The number of aromatic nitrogens is 2. The molecule has 6 nitrogen and oxygen atoms in total. The molecule has 152 valence electrons. The summed E-state index contributed by atoms with van der Waals surface area (Å²) < 4.78 is 1.91. The Morgan fingerprint density at radius 3 is 2.45 bits per heavy atom. The largest absolute Gasteiger partial charge is 0.351 e. The van der Waals surface area contributed by atoms with Crippen LogP contribution in [0.5, 0.6) is 0 Å². The third-order valence-corrected chi connectivity index (χ3v) is 5.67. The van der Waals surface area contributed by atoms with Crippen LogP contribution in [0.2, 0.25) is 0 Å². The smallest absolute Gasteiger partial charge is 0.242 e. The molecule has 0 bridgehead atoms. The Morgan fingerprint density at radius 1 is 1.03 bits per heavy atom. The van der Waals surface area contributed by atoms with Crippen molar-refractivity contribution in [2.75, 3.05) is 18.8 Å². The summed E-state index contributed by atoms with van der Waals surface area (Å²) in [5, 5.41) is 3.61. The molecule has 0 aliphatic heterocycles. The fourth-order valence-electron chi connectivity index (χ4n) is 3.11. The number of hydrogen-bond donors (Lipinski definition) is 1. The predicted molar refractivity (Wildman–Crippen MR) is 117 cm³/mol. The van der Waals surface area contributed by atoms with E-state index in [1.807, 2.05) is 73.0 Å². The number of hydrogen-bond acceptors (Lipinski definition) is 4. The van der Waals surface area contributed by atoms with Crippen molar-refractivity contribution in [2.45, 2.75) is 32.1 Å². The van der Waals surface area contributed by atoms with Gasteiger partial charge in [-0.05, 0) is 31.5 Å². The van der Waals surface area contributed by atoms with E-state index in [0.717, 1.165) is 16.6 Å². The van der Waals surface area contributed by atoms with E-state index < -0.39 is 0 Å². The van der Waals surface area contributed by atoms with Crippen LogP contribution in [0, 0.1) is 0 Å². The van der Waals surface area contributed by atoms with Gasteiger partial charge >= 0.3 is 0 Å². The van der Waals surface area contributed by atoms with Gasteiger partial charge < -0.3 is 14.8 Å². The highest BCUT2D eigenvalue weighted by atomic mass is 32.2. The lowest BCUT2D eigenvalue weighted by Crippen LogP contribution is -2.33. The molecule has 1 N–H and O–H groups in total. The number of imidazole rings is 1. The lowest BCUT2D eigenvalue weighted by Gasteiger charge is -2.19. The highest BCUT2D eigenvalue weighted by molar-refractivity contribution is 7.99. The summed E-state index contributed by atoms with van der Waals surface area (Å²) in [5.41, 5.74) is 2.79. The highest BCUT2D eigenvalue weighted by Gasteiger charge is 2.17. The maximum Gasteiger partial charge on any atom is 0.242 e. The lowest BCUT2D eigenvalue weighted by molar-refractivity contribution is -0.131. The van der Waals surface area contributed by atoms with Gasteiger partial charge in [0.2, 0.25) is 11.8 Å². The molecule has 1 heterocycles. The van der Waals surface area contributed by atoms with E-state index in [9.17, 15) is 9.59 Å². The molecule has 0 unspecified atom stereocenters. The Bertz CT molecular complexity index is 967. The van der Waals surface area contributed by atoms with Gasteiger partial charge in [0.25, 0.3) is 0 Å². The minimum Gasteiger partial charge on any atom is -0.351 e. The summed E-state index contributed by atoms with van der Waals surface area (Å²) in [4.78, 5) is 31.4. The van der Waals surface area contributed by atoms with E-state index in [1.54, 1.807) is 4.90 Å². The number of nitrogens with zero attached hydrogens (tertiary/aromatic N) is 3.